The van der Waals surface area contributed by atoms with Crippen LogP contribution in [0, 0.1) is 13.8 Å². The van der Waals surface area contributed by atoms with E-state index in [1.165, 1.54) is 0 Å². The van der Waals surface area contributed by atoms with Gasteiger partial charge in [0.2, 0.25) is 0 Å². The highest BCUT2D eigenvalue weighted by Crippen LogP contribution is 1.99. The lowest BCUT2D eigenvalue weighted by molar-refractivity contribution is -0.116. The van der Waals surface area contributed by atoms with Crippen molar-refractivity contribution in [1.82, 2.24) is 9.97 Å². The van der Waals surface area contributed by atoms with Crippen LogP contribution >= 0.6 is 0 Å². The Morgan fingerprint density at radius 3 is 2.25 bits per heavy atom. The van der Waals surface area contributed by atoms with E-state index in [4.69, 9.17) is 0 Å². The maximum atomic E-state index is 10.8. The Hall–Kier alpha value is -1.25. The highest BCUT2D eigenvalue weighted by Gasteiger charge is 2.01. The Morgan fingerprint density at radius 2 is 1.83 bits per heavy atom. The van der Waals surface area contributed by atoms with Crippen molar-refractivity contribution in [2.45, 2.75) is 27.2 Å². The maximum Gasteiger partial charge on any atom is 0.137 e. The number of ketones is 1. The molecule has 0 aliphatic carbocycles. The quantitative estimate of drug-likeness (QED) is 0.660. The number of Topliss-reactive ketones (excluding diaryl/α,β-unsaturated/α-hetero) is 1. The minimum Gasteiger partial charge on any atom is -0.300 e. The zero-order chi connectivity index (χ0) is 9.14. The summed E-state index contributed by atoms with van der Waals surface area (Å²) in [6.07, 6.45) is 0.336. The van der Waals surface area contributed by atoms with Crippen molar-refractivity contribution in [2.24, 2.45) is 0 Å². The van der Waals surface area contributed by atoms with Gasteiger partial charge >= 0.3 is 0 Å². The van der Waals surface area contributed by atoms with E-state index in [0.29, 0.717) is 12.2 Å². The molecule has 3 heteroatoms. The van der Waals surface area contributed by atoms with Crippen LogP contribution in [0.3, 0.4) is 0 Å². The first-order valence-electron chi connectivity index (χ1n) is 3.88. The van der Waals surface area contributed by atoms with Crippen molar-refractivity contribution in [3.63, 3.8) is 0 Å². The van der Waals surface area contributed by atoms with Crippen LogP contribution in [0.1, 0.15) is 24.1 Å². The summed E-state index contributed by atoms with van der Waals surface area (Å²) in [4.78, 5) is 19.0. The van der Waals surface area contributed by atoms with E-state index >= 15 is 0 Å². The first-order valence-corrected chi connectivity index (χ1v) is 3.88. The monoisotopic (exact) mass is 164 g/mol. The molecule has 0 amide bonds. The molecule has 12 heavy (non-hydrogen) atoms. The van der Waals surface area contributed by atoms with Crippen LogP contribution < -0.4 is 0 Å². The lowest BCUT2D eigenvalue weighted by Gasteiger charge is -1.99. The Balaban J connectivity index is 2.93. The summed E-state index contributed by atoms with van der Waals surface area (Å²) in [6.45, 7) is 5.34. The van der Waals surface area contributed by atoms with Crippen LogP contribution in [0.4, 0.5) is 0 Å². The Labute approximate surface area is 71.9 Å². The molecule has 0 aliphatic heterocycles. The van der Waals surface area contributed by atoms with E-state index in [9.17, 15) is 4.79 Å². The summed E-state index contributed by atoms with van der Waals surface area (Å²) in [6, 6.07) is 1.89. The van der Waals surface area contributed by atoms with E-state index in [0.717, 1.165) is 11.4 Å². The van der Waals surface area contributed by atoms with E-state index in [1.54, 1.807) is 6.92 Å². The second-order valence-corrected chi connectivity index (χ2v) is 2.95. The molecule has 1 rings (SSSR count). The molecule has 0 aliphatic rings. The van der Waals surface area contributed by atoms with Crippen LogP contribution in [0.2, 0.25) is 0 Å². The number of rotatable bonds is 2. The zero-order valence-corrected chi connectivity index (χ0v) is 7.59. The number of aromatic nitrogens is 2. The Kier molecular flexibility index (Phi) is 2.53. The number of carbonyl (C=O) groups is 1. The van der Waals surface area contributed by atoms with Gasteiger partial charge in [-0.1, -0.05) is 0 Å². The largest absolute Gasteiger partial charge is 0.300 e. The molecule has 0 radical (unpaired) electrons. The minimum atomic E-state index is 0.0972. The molecule has 0 N–H and O–H groups in total. The highest BCUT2D eigenvalue weighted by atomic mass is 16.1. The first kappa shape index (κ1) is 8.84. The predicted octanol–water partition coefficient (Wildman–Crippen LogP) is 1.22. The number of aryl methyl sites for hydroxylation is 2. The molecule has 0 spiro atoms. The van der Waals surface area contributed by atoms with Crippen molar-refractivity contribution < 1.29 is 4.79 Å². The van der Waals surface area contributed by atoms with Gasteiger partial charge in [-0.05, 0) is 26.8 Å². The molecular formula is C9H12N2O. The normalized spacial score (nSPS) is 9.92. The van der Waals surface area contributed by atoms with Gasteiger partial charge < -0.3 is 0 Å². The van der Waals surface area contributed by atoms with Gasteiger partial charge in [0.25, 0.3) is 0 Å². The molecule has 0 fully saturated rings. The fourth-order valence-corrected chi connectivity index (χ4v) is 1.10. The average molecular weight is 164 g/mol. The molecule has 3 nitrogen and oxygen atoms in total. The molecule has 1 aromatic heterocycles. The Bertz CT molecular complexity index is 287. The van der Waals surface area contributed by atoms with Gasteiger partial charge in [0.1, 0.15) is 11.6 Å². The van der Waals surface area contributed by atoms with E-state index in [-0.39, 0.29) is 5.78 Å². The molecule has 64 valence electrons. The van der Waals surface area contributed by atoms with Gasteiger partial charge in [0, 0.05) is 11.4 Å². The van der Waals surface area contributed by atoms with Crippen molar-refractivity contribution >= 4 is 5.78 Å². The van der Waals surface area contributed by atoms with Crippen molar-refractivity contribution in [3.8, 4) is 0 Å². The van der Waals surface area contributed by atoms with Gasteiger partial charge in [0.15, 0.2) is 0 Å². The van der Waals surface area contributed by atoms with Crippen molar-refractivity contribution in [2.75, 3.05) is 0 Å². The minimum absolute atomic E-state index is 0.0972. The molecule has 0 saturated heterocycles. The molecule has 1 heterocycles. The molecule has 0 atom stereocenters. The zero-order valence-electron chi connectivity index (χ0n) is 7.59. The van der Waals surface area contributed by atoms with Gasteiger partial charge in [-0.3, -0.25) is 4.79 Å². The van der Waals surface area contributed by atoms with Crippen molar-refractivity contribution in [3.05, 3.63) is 23.3 Å². The first-order chi connectivity index (χ1) is 5.58. The Morgan fingerprint density at radius 1 is 1.33 bits per heavy atom. The molecule has 1 aromatic rings. The van der Waals surface area contributed by atoms with Crippen LogP contribution in [0.15, 0.2) is 6.07 Å². The van der Waals surface area contributed by atoms with E-state index in [1.807, 2.05) is 19.9 Å². The predicted molar refractivity (Wildman–Crippen MR) is 45.9 cm³/mol. The smallest absolute Gasteiger partial charge is 0.137 e. The van der Waals surface area contributed by atoms with Gasteiger partial charge in [-0.25, -0.2) is 9.97 Å². The second-order valence-electron chi connectivity index (χ2n) is 2.95. The number of hydrogen-bond acceptors (Lipinski definition) is 3. The summed E-state index contributed by atoms with van der Waals surface area (Å²) in [5.41, 5.74) is 1.83. The van der Waals surface area contributed by atoms with Crippen LogP contribution in [-0.2, 0) is 11.2 Å². The van der Waals surface area contributed by atoms with Crippen molar-refractivity contribution in [1.29, 1.82) is 0 Å². The van der Waals surface area contributed by atoms with E-state index < -0.39 is 0 Å². The lowest BCUT2D eigenvalue weighted by atomic mass is 10.3. The second kappa shape index (κ2) is 3.43. The fraction of sp³-hybridized carbons (Fsp3) is 0.444. The fourth-order valence-electron chi connectivity index (χ4n) is 1.10. The SMILES string of the molecule is CC(=O)Cc1nc(C)cc(C)n1. The summed E-state index contributed by atoms with van der Waals surface area (Å²) in [5, 5.41) is 0. The van der Waals surface area contributed by atoms with Crippen LogP contribution in [-0.4, -0.2) is 15.8 Å². The standard InChI is InChI=1S/C9H12N2O/c1-6-4-7(2)11-9(10-6)5-8(3)12/h4H,5H2,1-3H3. The topological polar surface area (TPSA) is 42.9 Å². The average Bonchev–Trinajstić information content (AvgIpc) is 1.81. The maximum absolute atomic E-state index is 10.8. The van der Waals surface area contributed by atoms with Gasteiger partial charge in [0.05, 0.1) is 6.42 Å². The third-order valence-corrected chi connectivity index (χ3v) is 1.44. The summed E-state index contributed by atoms with van der Waals surface area (Å²) < 4.78 is 0. The van der Waals surface area contributed by atoms with E-state index in [2.05, 4.69) is 9.97 Å². The number of hydrogen-bond donors (Lipinski definition) is 0. The van der Waals surface area contributed by atoms with Crippen LogP contribution in [0.25, 0.3) is 0 Å². The molecule has 0 saturated carbocycles. The third kappa shape index (κ3) is 2.42. The third-order valence-electron chi connectivity index (χ3n) is 1.44. The number of carbonyl (C=O) groups excluding carboxylic acids is 1. The van der Waals surface area contributed by atoms with Gasteiger partial charge in [-0.15, -0.1) is 0 Å². The number of nitrogens with zero attached hydrogens (tertiary/aromatic N) is 2. The molecule has 0 unspecified atom stereocenters. The summed E-state index contributed by atoms with van der Waals surface area (Å²) >= 11 is 0. The molecule has 0 bridgehead atoms. The highest BCUT2D eigenvalue weighted by molar-refractivity contribution is 5.77. The van der Waals surface area contributed by atoms with Crippen LogP contribution in [0.5, 0.6) is 0 Å². The summed E-state index contributed by atoms with van der Waals surface area (Å²) in [7, 11) is 0. The molecule has 0 aromatic carbocycles. The lowest BCUT2D eigenvalue weighted by Crippen LogP contribution is -2.04. The molecular weight excluding hydrogens is 152 g/mol. The van der Waals surface area contributed by atoms with Gasteiger partial charge in [-0.2, -0.15) is 0 Å². The summed E-state index contributed by atoms with van der Waals surface area (Å²) in [5.74, 6) is 0.722.